The number of carboxylic acid groups (broad SMARTS) is 1. The number of nitrogens with zero attached hydrogens (tertiary/aromatic N) is 2. The molecule has 29 heavy (non-hydrogen) atoms. The molecule has 3 aromatic rings. The summed E-state index contributed by atoms with van der Waals surface area (Å²) in [7, 11) is 0. The Morgan fingerprint density at radius 2 is 1.97 bits per heavy atom. The third-order valence-electron chi connectivity index (χ3n) is 5.10. The molecule has 0 saturated heterocycles. The molecule has 0 amide bonds. The Hall–Kier alpha value is -2.58. The van der Waals surface area contributed by atoms with Crippen molar-refractivity contribution in [3.8, 4) is 5.88 Å². The molecule has 1 saturated carbocycles. The topological polar surface area (TPSA) is 97.2 Å². The van der Waals surface area contributed by atoms with Crippen molar-refractivity contribution in [1.29, 1.82) is 0 Å². The summed E-state index contributed by atoms with van der Waals surface area (Å²) >= 11 is 11.9. The third-order valence-corrected chi connectivity index (χ3v) is 5.57. The summed E-state index contributed by atoms with van der Waals surface area (Å²) in [5, 5.41) is 9.92. The van der Waals surface area contributed by atoms with Gasteiger partial charge in [0.15, 0.2) is 0 Å². The zero-order valence-electron chi connectivity index (χ0n) is 15.0. The molecule has 0 unspecified atom stereocenters. The molecule has 1 aromatic carbocycles. The van der Waals surface area contributed by atoms with Crippen molar-refractivity contribution in [3.63, 3.8) is 0 Å². The predicted octanol–water partition coefficient (Wildman–Crippen LogP) is 4.43. The maximum atomic E-state index is 13.9. The van der Waals surface area contributed by atoms with Gasteiger partial charge in [-0.3, -0.25) is 4.57 Å². The lowest BCUT2D eigenvalue weighted by molar-refractivity contribution is 0.0692. The Balaban J connectivity index is 1.54. The maximum absolute atomic E-state index is 13.9. The molecular weight excluding hydrogens is 424 g/mol. The predicted molar refractivity (Wildman–Crippen MR) is 106 cm³/mol. The monoisotopic (exact) mass is 439 g/mol. The number of H-pyrrole nitrogens is 1. The van der Waals surface area contributed by atoms with Crippen molar-refractivity contribution in [1.82, 2.24) is 14.5 Å². The fourth-order valence-electron chi connectivity index (χ4n) is 3.74. The minimum atomic E-state index is -1.38. The number of carboxylic acids is 1. The van der Waals surface area contributed by atoms with Crippen LogP contribution in [0.5, 0.6) is 5.88 Å². The number of carbonyl (C=O) groups is 1. The van der Waals surface area contributed by atoms with E-state index in [0.29, 0.717) is 47.1 Å². The van der Waals surface area contributed by atoms with Gasteiger partial charge in [0, 0.05) is 18.3 Å². The highest BCUT2D eigenvalue weighted by Gasteiger charge is 2.27. The average molecular weight is 440 g/mol. The van der Waals surface area contributed by atoms with E-state index in [-0.39, 0.29) is 17.7 Å². The molecule has 0 radical (unpaired) electrons. The van der Waals surface area contributed by atoms with Crippen molar-refractivity contribution in [2.24, 2.45) is 0 Å². The molecule has 10 heteroatoms. The quantitative estimate of drug-likeness (QED) is 0.626. The summed E-state index contributed by atoms with van der Waals surface area (Å²) in [5.74, 6) is -1.96. The van der Waals surface area contributed by atoms with Crippen LogP contribution in [-0.2, 0) is 0 Å². The molecule has 1 aliphatic rings. The first-order valence-electron chi connectivity index (χ1n) is 8.98. The number of halogens is 3. The van der Waals surface area contributed by atoms with Crippen molar-refractivity contribution in [2.75, 3.05) is 0 Å². The van der Waals surface area contributed by atoms with Crippen LogP contribution in [0.15, 0.2) is 29.2 Å². The van der Waals surface area contributed by atoms with E-state index in [2.05, 4.69) is 9.97 Å². The van der Waals surface area contributed by atoms with Crippen LogP contribution in [0.25, 0.3) is 11.0 Å². The number of nitrogens with one attached hydrogen (secondary N) is 1. The van der Waals surface area contributed by atoms with Crippen LogP contribution in [-0.4, -0.2) is 31.7 Å². The lowest BCUT2D eigenvalue weighted by atomic mass is 9.92. The Bertz CT molecular complexity index is 1150. The number of fused-ring (bicyclic) bond motifs is 1. The Morgan fingerprint density at radius 1 is 1.24 bits per heavy atom. The van der Waals surface area contributed by atoms with Gasteiger partial charge < -0.3 is 14.8 Å². The third kappa shape index (κ3) is 3.82. The number of hydrogen-bond donors (Lipinski definition) is 2. The van der Waals surface area contributed by atoms with Gasteiger partial charge in [0.05, 0.1) is 21.6 Å². The van der Waals surface area contributed by atoms with Crippen LogP contribution in [0.1, 0.15) is 42.1 Å². The van der Waals surface area contributed by atoms with Crippen molar-refractivity contribution in [3.05, 3.63) is 56.3 Å². The molecule has 0 bridgehead atoms. The molecule has 2 heterocycles. The molecule has 1 fully saturated rings. The highest BCUT2D eigenvalue weighted by atomic mass is 35.5. The Morgan fingerprint density at radius 3 is 2.62 bits per heavy atom. The first kappa shape index (κ1) is 19.7. The SMILES string of the molecule is O=C(O)c1cc2c(cc1F)[nH]c(=O)n2C1CCC(Oc2ncc(Cl)cc2Cl)CC1. The molecule has 4 rings (SSSR count). The summed E-state index contributed by atoms with van der Waals surface area (Å²) in [6.07, 6.45) is 3.89. The van der Waals surface area contributed by atoms with E-state index in [0.717, 1.165) is 6.07 Å². The number of pyridine rings is 1. The van der Waals surface area contributed by atoms with Crippen molar-refractivity contribution in [2.45, 2.75) is 37.8 Å². The molecule has 152 valence electrons. The second-order valence-electron chi connectivity index (χ2n) is 6.94. The van der Waals surface area contributed by atoms with Gasteiger partial charge in [-0.05, 0) is 37.8 Å². The fraction of sp³-hybridized carbons (Fsp3) is 0.316. The van der Waals surface area contributed by atoms with E-state index in [1.807, 2.05) is 0 Å². The summed E-state index contributed by atoms with van der Waals surface area (Å²) in [6, 6.07) is 3.64. The second kappa shape index (κ2) is 7.68. The van der Waals surface area contributed by atoms with E-state index in [1.165, 1.54) is 16.8 Å². The molecule has 0 aliphatic heterocycles. The summed E-state index contributed by atoms with van der Waals surface area (Å²) in [4.78, 5) is 30.4. The van der Waals surface area contributed by atoms with E-state index in [9.17, 15) is 14.0 Å². The van der Waals surface area contributed by atoms with Crippen LogP contribution in [0, 0.1) is 5.82 Å². The number of hydrogen-bond acceptors (Lipinski definition) is 4. The van der Waals surface area contributed by atoms with Gasteiger partial charge in [-0.1, -0.05) is 23.2 Å². The summed E-state index contributed by atoms with van der Waals surface area (Å²) < 4.78 is 21.3. The minimum absolute atomic E-state index is 0.120. The van der Waals surface area contributed by atoms with Gasteiger partial charge in [-0.15, -0.1) is 0 Å². The standard InChI is InChI=1S/C19H16Cl2FN3O4/c20-9-5-13(21)17(23-8-9)29-11-3-1-10(2-4-11)25-16-6-12(18(26)27)14(22)7-15(16)24-19(25)28/h5-8,10-11H,1-4H2,(H,24,28)(H,26,27). The maximum Gasteiger partial charge on any atom is 0.338 e. The second-order valence-corrected chi connectivity index (χ2v) is 7.79. The van der Waals surface area contributed by atoms with Crippen LogP contribution >= 0.6 is 23.2 Å². The molecule has 7 nitrogen and oxygen atoms in total. The fourth-order valence-corrected chi connectivity index (χ4v) is 4.17. The van der Waals surface area contributed by atoms with E-state index in [4.69, 9.17) is 33.0 Å². The Labute approximate surface area is 174 Å². The first-order chi connectivity index (χ1) is 13.8. The van der Waals surface area contributed by atoms with E-state index >= 15 is 0 Å². The first-order valence-corrected chi connectivity index (χ1v) is 9.74. The van der Waals surface area contributed by atoms with Gasteiger partial charge in [0.25, 0.3) is 0 Å². The summed E-state index contributed by atoms with van der Waals surface area (Å²) in [6.45, 7) is 0. The van der Waals surface area contributed by atoms with E-state index in [1.54, 1.807) is 6.07 Å². The lowest BCUT2D eigenvalue weighted by Gasteiger charge is -2.29. The van der Waals surface area contributed by atoms with Crippen LogP contribution in [0.4, 0.5) is 4.39 Å². The number of ether oxygens (including phenoxy) is 1. The van der Waals surface area contributed by atoms with Gasteiger partial charge in [-0.25, -0.2) is 19.0 Å². The number of imidazole rings is 1. The number of benzene rings is 1. The Kier molecular flexibility index (Phi) is 5.23. The lowest BCUT2D eigenvalue weighted by Crippen LogP contribution is -2.30. The average Bonchev–Trinajstić information content (AvgIpc) is 2.98. The van der Waals surface area contributed by atoms with Crippen LogP contribution in [0.2, 0.25) is 10.0 Å². The van der Waals surface area contributed by atoms with Crippen LogP contribution in [0.3, 0.4) is 0 Å². The molecule has 0 spiro atoms. The number of aromatic nitrogens is 3. The highest BCUT2D eigenvalue weighted by molar-refractivity contribution is 6.35. The number of rotatable bonds is 4. The highest BCUT2D eigenvalue weighted by Crippen LogP contribution is 2.34. The molecule has 0 atom stereocenters. The normalized spacial score (nSPS) is 19.4. The van der Waals surface area contributed by atoms with Crippen molar-refractivity contribution < 1.29 is 19.0 Å². The summed E-state index contributed by atoms with van der Waals surface area (Å²) in [5.41, 5.74) is -0.215. The molecule has 1 aliphatic carbocycles. The van der Waals surface area contributed by atoms with Crippen LogP contribution < -0.4 is 10.4 Å². The van der Waals surface area contributed by atoms with Gasteiger partial charge in [0.1, 0.15) is 16.9 Å². The zero-order chi connectivity index (χ0) is 20.7. The van der Waals surface area contributed by atoms with Gasteiger partial charge >= 0.3 is 11.7 Å². The molecular formula is C19H16Cl2FN3O4. The zero-order valence-corrected chi connectivity index (χ0v) is 16.5. The van der Waals surface area contributed by atoms with Gasteiger partial charge in [0.2, 0.25) is 5.88 Å². The largest absolute Gasteiger partial charge is 0.478 e. The van der Waals surface area contributed by atoms with Gasteiger partial charge in [-0.2, -0.15) is 0 Å². The molecule has 2 N–H and O–H groups in total. The minimum Gasteiger partial charge on any atom is -0.478 e. The molecule has 2 aromatic heterocycles. The smallest absolute Gasteiger partial charge is 0.338 e. The number of aromatic amines is 1. The van der Waals surface area contributed by atoms with E-state index < -0.39 is 23.0 Å². The van der Waals surface area contributed by atoms with Crippen molar-refractivity contribution >= 4 is 40.2 Å². The number of aromatic carboxylic acids is 1.